The molecule has 1 saturated heterocycles. The summed E-state index contributed by atoms with van der Waals surface area (Å²) in [7, 11) is 0. The van der Waals surface area contributed by atoms with E-state index < -0.39 is 5.82 Å². The van der Waals surface area contributed by atoms with Crippen LogP contribution in [0.2, 0.25) is 0 Å². The van der Waals surface area contributed by atoms with Crippen molar-refractivity contribution >= 4 is 11.6 Å². The largest absolute Gasteiger partial charge is 0.481 e. The Morgan fingerprint density at radius 2 is 1.83 bits per heavy atom. The highest BCUT2D eigenvalue weighted by atomic mass is 19.1. The molecule has 0 saturated carbocycles. The molecule has 2 aromatic rings. The standard InChI is InChI=1S/C17H16FNO4/c18-14-3-1-2-4-15(14)23-11-16(20)19-13-7-5-12(6-8-13)17-21-9-10-22-17/h1-8,17H,9-11H2,(H,19,20). The van der Waals surface area contributed by atoms with Crippen LogP contribution in [-0.4, -0.2) is 25.7 Å². The van der Waals surface area contributed by atoms with Crippen LogP contribution in [0.1, 0.15) is 11.9 Å². The number of hydrogen-bond acceptors (Lipinski definition) is 4. The van der Waals surface area contributed by atoms with Gasteiger partial charge in [-0.05, 0) is 24.3 Å². The molecule has 1 aliphatic rings. The molecule has 1 amide bonds. The van der Waals surface area contributed by atoms with Crippen molar-refractivity contribution in [3.8, 4) is 5.75 Å². The Labute approximate surface area is 133 Å². The number of carbonyl (C=O) groups is 1. The Bertz CT molecular complexity index is 669. The van der Waals surface area contributed by atoms with Crippen molar-refractivity contribution in [1.29, 1.82) is 0 Å². The summed E-state index contributed by atoms with van der Waals surface area (Å²) < 4.78 is 29.3. The predicted octanol–water partition coefficient (Wildman–Crippen LogP) is 2.89. The van der Waals surface area contributed by atoms with Crippen LogP contribution in [0.3, 0.4) is 0 Å². The fourth-order valence-electron chi connectivity index (χ4n) is 2.18. The average molecular weight is 317 g/mol. The summed E-state index contributed by atoms with van der Waals surface area (Å²) in [5.74, 6) is -0.816. The zero-order valence-corrected chi connectivity index (χ0v) is 12.3. The van der Waals surface area contributed by atoms with Crippen molar-refractivity contribution in [3.63, 3.8) is 0 Å². The number of para-hydroxylation sites is 1. The number of halogens is 1. The predicted molar refractivity (Wildman–Crippen MR) is 81.6 cm³/mol. The minimum Gasteiger partial charge on any atom is -0.481 e. The van der Waals surface area contributed by atoms with Crippen molar-refractivity contribution in [2.24, 2.45) is 0 Å². The molecule has 0 aliphatic carbocycles. The second kappa shape index (κ2) is 7.21. The van der Waals surface area contributed by atoms with E-state index in [1.807, 2.05) is 12.1 Å². The van der Waals surface area contributed by atoms with Crippen molar-refractivity contribution in [2.75, 3.05) is 25.1 Å². The number of ether oxygens (including phenoxy) is 3. The number of rotatable bonds is 5. The number of anilines is 1. The van der Waals surface area contributed by atoms with Crippen molar-refractivity contribution in [2.45, 2.75) is 6.29 Å². The molecule has 3 rings (SSSR count). The second-order valence-corrected chi connectivity index (χ2v) is 4.96. The molecule has 6 heteroatoms. The van der Waals surface area contributed by atoms with E-state index in [9.17, 15) is 9.18 Å². The Morgan fingerprint density at radius 1 is 1.13 bits per heavy atom. The topological polar surface area (TPSA) is 56.8 Å². The molecule has 1 aliphatic heterocycles. The maximum absolute atomic E-state index is 13.4. The highest BCUT2D eigenvalue weighted by Gasteiger charge is 2.17. The first-order chi connectivity index (χ1) is 11.2. The lowest BCUT2D eigenvalue weighted by atomic mass is 10.2. The van der Waals surface area contributed by atoms with Gasteiger partial charge in [0.25, 0.3) is 5.91 Å². The number of amides is 1. The molecule has 0 aromatic heterocycles. The first kappa shape index (κ1) is 15.5. The van der Waals surface area contributed by atoms with Gasteiger partial charge in [0.2, 0.25) is 0 Å². The summed E-state index contributed by atoms with van der Waals surface area (Å²) in [6.07, 6.45) is -0.343. The van der Waals surface area contributed by atoms with Crippen LogP contribution < -0.4 is 10.1 Å². The third-order valence-electron chi connectivity index (χ3n) is 3.28. The monoisotopic (exact) mass is 317 g/mol. The number of hydrogen-bond donors (Lipinski definition) is 1. The van der Waals surface area contributed by atoms with Gasteiger partial charge in [0.15, 0.2) is 24.5 Å². The van der Waals surface area contributed by atoms with E-state index in [4.69, 9.17) is 14.2 Å². The van der Waals surface area contributed by atoms with Gasteiger partial charge in [-0.1, -0.05) is 24.3 Å². The van der Waals surface area contributed by atoms with Gasteiger partial charge in [-0.25, -0.2) is 4.39 Å². The van der Waals surface area contributed by atoms with Gasteiger partial charge in [0.05, 0.1) is 13.2 Å². The van der Waals surface area contributed by atoms with E-state index in [1.165, 1.54) is 12.1 Å². The fraction of sp³-hybridized carbons (Fsp3) is 0.235. The molecule has 1 heterocycles. The third-order valence-corrected chi connectivity index (χ3v) is 3.28. The van der Waals surface area contributed by atoms with Crippen molar-refractivity contribution in [3.05, 3.63) is 59.9 Å². The zero-order valence-electron chi connectivity index (χ0n) is 12.3. The molecule has 2 aromatic carbocycles. The van der Waals surface area contributed by atoms with Crippen LogP contribution in [-0.2, 0) is 14.3 Å². The number of nitrogens with one attached hydrogen (secondary N) is 1. The number of carbonyl (C=O) groups excluding carboxylic acids is 1. The molecule has 5 nitrogen and oxygen atoms in total. The zero-order chi connectivity index (χ0) is 16.1. The lowest BCUT2D eigenvalue weighted by molar-refractivity contribution is -0.118. The smallest absolute Gasteiger partial charge is 0.262 e. The second-order valence-electron chi connectivity index (χ2n) is 4.96. The third kappa shape index (κ3) is 4.06. The summed E-state index contributed by atoms with van der Waals surface area (Å²) >= 11 is 0. The van der Waals surface area contributed by atoms with E-state index in [-0.39, 0.29) is 24.6 Å². The summed E-state index contributed by atoms with van der Waals surface area (Å²) in [6, 6.07) is 13.1. The number of benzene rings is 2. The maximum Gasteiger partial charge on any atom is 0.262 e. The average Bonchev–Trinajstić information content (AvgIpc) is 3.09. The molecule has 0 unspecified atom stereocenters. The van der Waals surface area contributed by atoms with Gasteiger partial charge < -0.3 is 19.5 Å². The van der Waals surface area contributed by atoms with Gasteiger partial charge >= 0.3 is 0 Å². The molecule has 0 spiro atoms. The normalized spacial score (nSPS) is 14.7. The minimum absolute atomic E-state index is 0.0496. The van der Waals surface area contributed by atoms with Crippen molar-refractivity contribution < 1.29 is 23.4 Å². The van der Waals surface area contributed by atoms with Gasteiger partial charge in [0.1, 0.15) is 0 Å². The molecule has 0 radical (unpaired) electrons. The highest BCUT2D eigenvalue weighted by Crippen LogP contribution is 2.24. The molecule has 0 bridgehead atoms. The lowest BCUT2D eigenvalue weighted by Gasteiger charge is -2.11. The Balaban J connectivity index is 1.52. The maximum atomic E-state index is 13.4. The van der Waals surface area contributed by atoms with Gasteiger partial charge in [-0.3, -0.25) is 4.79 Å². The van der Waals surface area contributed by atoms with Crippen molar-refractivity contribution in [1.82, 2.24) is 0 Å². The highest BCUT2D eigenvalue weighted by molar-refractivity contribution is 5.91. The Hall–Kier alpha value is -2.44. The Kier molecular flexibility index (Phi) is 4.85. The van der Waals surface area contributed by atoms with Crippen LogP contribution in [0.25, 0.3) is 0 Å². The van der Waals surface area contributed by atoms with E-state index in [0.29, 0.717) is 18.9 Å². The Morgan fingerprint density at radius 3 is 2.52 bits per heavy atom. The minimum atomic E-state index is -0.499. The lowest BCUT2D eigenvalue weighted by Crippen LogP contribution is -2.20. The quantitative estimate of drug-likeness (QED) is 0.921. The van der Waals surface area contributed by atoms with E-state index in [1.54, 1.807) is 24.3 Å². The summed E-state index contributed by atoms with van der Waals surface area (Å²) in [5, 5.41) is 2.68. The van der Waals surface area contributed by atoms with Crippen LogP contribution in [0, 0.1) is 5.82 Å². The summed E-state index contributed by atoms with van der Waals surface area (Å²) in [6.45, 7) is 0.893. The molecular formula is C17H16FNO4. The van der Waals surface area contributed by atoms with E-state index >= 15 is 0 Å². The summed E-state index contributed by atoms with van der Waals surface area (Å²) in [4.78, 5) is 11.8. The SMILES string of the molecule is O=C(COc1ccccc1F)Nc1ccc(C2OCCO2)cc1. The molecule has 0 atom stereocenters. The molecular weight excluding hydrogens is 301 g/mol. The van der Waals surface area contributed by atoms with Gasteiger partial charge in [-0.15, -0.1) is 0 Å². The first-order valence-corrected chi connectivity index (χ1v) is 7.23. The van der Waals surface area contributed by atoms with Gasteiger partial charge in [-0.2, -0.15) is 0 Å². The molecule has 120 valence electrons. The van der Waals surface area contributed by atoms with Crippen LogP contribution in [0.4, 0.5) is 10.1 Å². The molecule has 1 fully saturated rings. The molecule has 23 heavy (non-hydrogen) atoms. The van der Waals surface area contributed by atoms with E-state index in [2.05, 4.69) is 5.32 Å². The van der Waals surface area contributed by atoms with Crippen LogP contribution >= 0.6 is 0 Å². The van der Waals surface area contributed by atoms with Gasteiger partial charge in [0, 0.05) is 11.3 Å². The molecule has 1 N–H and O–H groups in total. The fourth-order valence-corrected chi connectivity index (χ4v) is 2.18. The van der Waals surface area contributed by atoms with Crippen LogP contribution in [0.5, 0.6) is 5.75 Å². The summed E-state index contributed by atoms with van der Waals surface area (Å²) in [5.41, 5.74) is 1.51. The first-order valence-electron chi connectivity index (χ1n) is 7.23. The van der Waals surface area contributed by atoms with Crippen LogP contribution in [0.15, 0.2) is 48.5 Å². The van der Waals surface area contributed by atoms with E-state index in [0.717, 1.165) is 5.56 Å².